The van der Waals surface area contributed by atoms with Crippen molar-refractivity contribution >= 4 is 11.9 Å². The third-order valence-corrected chi connectivity index (χ3v) is 3.96. The van der Waals surface area contributed by atoms with Crippen LogP contribution in [0.4, 0.5) is 0 Å². The molecule has 3 unspecified atom stereocenters. The van der Waals surface area contributed by atoms with Crippen molar-refractivity contribution in [3.8, 4) is 0 Å². The van der Waals surface area contributed by atoms with Gasteiger partial charge in [-0.1, -0.05) is 0 Å². The third-order valence-electron chi connectivity index (χ3n) is 3.96. The van der Waals surface area contributed by atoms with E-state index in [4.69, 9.17) is 15.6 Å². The maximum atomic E-state index is 12.4. The highest BCUT2D eigenvalue weighted by molar-refractivity contribution is 5.87. The highest BCUT2D eigenvalue weighted by atomic mass is 16.5. The number of carboxylic acid groups (broad SMARTS) is 1. The average molecular weight is 256 g/mol. The maximum absolute atomic E-state index is 12.4. The van der Waals surface area contributed by atoms with Crippen molar-refractivity contribution in [1.29, 1.82) is 0 Å². The number of hydrogen-bond acceptors (Lipinski definition) is 4. The van der Waals surface area contributed by atoms with Crippen molar-refractivity contribution in [2.75, 3.05) is 19.8 Å². The SMILES string of the molecule is CC1CC(C(=O)O)CCN1C(=O)C1(N)CCOC1. The first-order valence-corrected chi connectivity index (χ1v) is 6.34. The summed E-state index contributed by atoms with van der Waals surface area (Å²) in [7, 11) is 0. The number of nitrogens with two attached hydrogens (primary N) is 1. The molecule has 2 rings (SSSR count). The minimum absolute atomic E-state index is 0.0756. The predicted octanol–water partition coefficient (Wildman–Crippen LogP) is -0.184. The Morgan fingerprint density at radius 1 is 1.50 bits per heavy atom. The molecule has 6 nitrogen and oxygen atoms in total. The Kier molecular flexibility index (Phi) is 3.59. The van der Waals surface area contributed by atoms with Gasteiger partial charge in [0.25, 0.3) is 0 Å². The number of rotatable bonds is 2. The lowest BCUT2D eigenvalue weighted by atomic mass is 9.89. The fourth-order valence-electron chi connectivity index (χ4n) is 2.73. The lowest BCUT2D eigenvalue weighted by Gasteiger charge is -2.39. The Morgan fingerprint density at radius 2 is 2.22 bits per heavy atom. The van der Waals surface area contributed by atoms with Gasteiger partial charge in [0.2, 0.25) is 5.91 Å². The van der Waals surface area contributed by atoms with Gasteiger partial charge in [-0.15, -0.1) is 0 Å². The lowest BCUT2D eigenvalue weighted by Crippen LogP contribution is -2.59. The molecule has 6 heteroatoms. The molecule has 2 saturated heterocycles. The van der Waals surface area contributed by atoms with Crippen LogP contribution in [-0.4, -0.2) is 53.2 Å². The van der Waals surface area contributed by atoms with Crippen molar-refractivity contribution in [1.82, 2.24) is 4.90 Å². The number of piperidine rings is 1. The Balaban J connectivity index is 2.02. The summed E-state index contributed by atoms with van der Waals surface area (Å²) in [5, 5.41) is 8.99. The van der Waals surface area contributed by atoms with Crippen LogP contribution in [0.25, 0.3) is 0 Å². The normalized spacial score (nSPS) is 36.7. The number of aliphatic carboxylic acids is 1. The van der Waals surface area contributed by atoms with Gasteiger partial charge in [-0.2, -0.15) is 0 Å². The van der Waals surface area contributed by atoms with Crippen LogP contribution in [0.1, 0.15) is 26.2 Å². The van der Waals surface area contributed by atoms with Gasteiger partial charge in [-0.3, -0.25) is 9.59 Å². The predicted molar refractivity (Wildman–Crippen MR) is 63.9 cm³/mol. The molecule has 0 radical (unpaired) electrons. The zero-order valence-corrected chi connectivity index (χ0v) is 10.6. The first kappa shape index (κ1) is 13.3. The number of amides is 1. The average Bonchev–Trinajstić information content (AvgIpc) is 2.76. The van der Waals surface area contributed by atoms with Gasteiger partial charge in [0, 0.05) is 19.2 Å². The number of likely N-dealkylation sites (tertiary alicyclic amines) is 1. The molecular formula is C12H20N2O4. The molecule has 3 N–H and O–H groups in total. The second-order valence-corrected chi connectivity index (χ2v) is 5.37. The van der Waals surface area contributed by atoms with Crippen LogP contribution in [0.2, 0.25) is 0 Å². The zero-order chi connectivity index (χ0) is 13.3. The summed E-state index contributed by atoms with van der Waals surface area (Å²) >= 11 is 0. The van der Waals surface area contributed by atoms with E-state index < -0.39 is 11.5 Å². The van der Waals surface area contributed by atoms with Gasteiger partial charge in [0.05, 0.1) is 12.5 Å². The molecule has 1 amide bonds. The third kappa shape index (κ3) is 2.35. The molecule has 3 atom stereocenters. The van der Waals surface area contributed by atoms with Crippen LogP contribution in [0, 0.1) is 5.92 Å². The van der Waals surface area contributed by atoms with Crippen LogP contribution >= 0.6 is 0 Å². The van der Waals surface area contributed by atoms with Crippen LogP contribution < -0.4 is 5.73 Å². The topological polar surface area (TPSA) is 92.9 Å². The zero-order valence-electron chi connectivity index (χ0n) is 10.6. The van der Waals surface area contributed by atoms with E-state index in [1.165, 1.54) is 0 Å². The first-order valence-electron chi connectivity index (χ1n) is 6.34. The molecule has 2 aliphatic heterocycles. The van der Waals surface area contributed by atoms with Crippen molar-refractivity contribution in [2.45, 2.75) is 37.8 Å². The molecule has 18 heavy (non-hydrogen) atoms. The molecule has 0 aliphatic carbocycles. The van der Waals surface area contributed by atoms with Gasteiger partial charge in [-0.25, -0.2) is 0 Å². The monoisotopic (exact) mass is 256 g/mol. The summed E-state index contributed by atoms with van der Waals surface area (Å²) in [6.45, 7) is 3.13. The Hall–Kier alpha value is -1.14. The number of nitrogens with zero attached hydrogens (tertiary/aromatic N) is 1. The number of hydrogen-bond donors (Lipinski definition) is 2. The summed E-state index contributed by atoms with van der Waals surface area (Å²) < 4.78 is 5.20. The minimum Gasteiger partial charge on any atom is -0.481 e. The molecule has 0 saturated carbocycles. The molecule has 2 heterocycles. The molecule has 2 fully saturated rings. The van der Waals surface area contributed by atoms with Crippen molar-refractivity contribution in [3.05, 3.63) is 0 Å². The Morgan fingerprint density at radius 3 is 2.72 bits per heavy atom. The van der Waals surface area contributed by atoms with Crippen LogP contribution in [-0.2, 0) is 14.3 Å². The quantitative estimate of drug-likeness (QED) is 0.714. The summed E-state index contributed by atoms with van der Waals surface area (Å²) in [6, 6.07) is -0.0756. The second-order valence-electron chi connectivity index (χ2n) is 5.37. The standard InChI is InChI=1S/C12H20N2O4/c1-8-6-9(10(15)16)2-4-14(8)11(17)12(13)3-5-18-7-12/h8-9H,2-7,13H2,1H3,(H,15,16). The van der Waals surface area contributed by atoms with E-state index in [1.807, 2.05) is 6.92 Å². The number of carboxylic acids is 1. The molecule has 0 bridgehead atoms. The van der Waals surface area contributed by atoms with E-state index in [9.17, 15) is 9.59 Å². The molecule has 0 spiro atoms. The molecule has 0 aromatic carbocycles. The van der Waals surface area contributed by atoms with E-state index in [0.29, 0.717) is 32.4 Å². The Labute approximate surface area is 106 Å². The van der Waals surface area contributed by atoms with Crippen molar-refractivity contribution in [3.63, 3.8) is 0 Å². The molecule has 102 valence electrons. The van der Waals surface area contributed by atoms with E-state index in [-0.39, 0.29) is 24.5 Å². The van der Waals surface area contributed by atoms with Crippen LogP contribution in [0.5, 0.6) is 0 Å². The Bertz CT molecular complexity index is 352. The highest BCUT2D eigenvalue weighted by Gasteiger charge is 2.44. The fourth-order valence-corrected chi connectivity index (χ4v) is 2.73. The van der Waals surface area contributed by atoms with Crippen molar-refractivity contribution < 1.29 is 19.4 Å². The molecule has 0 aromatic heterocycles. The van der Waals surface area contributed by atoms with Crippen LogP contribution in [0.15, 0.2) is 0 Å². The molecule has 0 aromatic rings. The van der Waals surface area contributed by atoms with E-state index in [2.05, 4.69) is 0 Å². The summed E-state index contributed by atoms with van der Waals surface area (Å²) in [5.41, 5.74) is 5.15. The summed E-state index contributed by atoms with van der Waals surface area (Å²) in [4.78, 5) is 25.0. The van der Waals surface area contributed by atoms with Gasteiger partial charge < -0.3 is 20.5 Å². The van der Waals surface area contributed by atoms with Gasteiger partial charge in [0.15, 0.2) is 0 Å². The largest absolute Gasteiger partial charge is 0.481 e. The number of ether oxygens (including phenoxy) is 1. The van der Waals surface area contributed by atoms with Gasteiger partial charge >= 0.3 is 5.97 Å². The summed E-state index contributed by atoms with van der Waals surface area (Å²) in [6.07, 6.45) is 1.54. The van der Waals surface area contributed by atoms with Crippen LogP contribution in [0.3, 0.4) is 0 Å². The van der Waals surface area contributed by atoms with Crippen molar-refractivity contribution in [2.24, 2.45) is 11.7 Å². The van der Waals surface area contributed by atoms with Gasteiger partial charge in [-0.05, 0) is 26.2 Å². The van der Waals surface area contributed by atoms with Gasteiger partial charge in [0.1, 0.15) is 5.54 Å². The second kappa shape index (κ2) is 4.85. The smallest absolute Gasteiger partial charge is 0.306 e. The fraction of sp³-hybridized carbons (Fsp3) is 0.833. The minimum atomic E-state index is -0.912. The highest BCUT2D eigenvalue weighted by Crippen LogP contribution is 2.27. The summed E-state index contributed by atoms with van der Waals surface area (Å²) in [5.74, 6) is -1.23. The number of carbonyl (C=O) groups excluding carboxylic acids is 1. The molecule has 2 aliphatic rings. The first-order chi connectivity index (χ1) is 8.44. The van der Waals surface area contributed by atoms with E-state index in [0.717, 1.165) is 0 Å². The van der Waals surface area contributed by atoms with E-state index >= 15 is 0 Å². The maximum Gasteiger partial charge on any atom is 0.306 e. The lowest BCUT2D eigenvalue weighted by molar-refractivity contribution is -0.149. The number of carbonyl (C=O) groups is 2. The van der Waals surface area contributed by atoms with E-state index in [1.54, 1.807) is 4.90 Å². The molecular weight excluding hydrogens is 236 g/mol.